The maximum Gasteiger partial charge on any atom is 0.237 e. The first-order valence-electron chi connectivity index (χ1n) is 5.81. The number of nitrogens with one attached hydrogen (secondary N) is 1. The molecular weight excluding hydrogens is 192 g/mol. The van der Waals surface area contributed by atoms with Gasteiger partial charge in [-0.15, -0.1) is 0 Å². The second kappa shape index (κ2) is 4.75. The zero-order chi connectivity index (χ0) is 10.7. The lowest BCUT2D eigenvalue weighted by atomic mass is 10.0. The lowest BCUT2D eigenvalue weighted by molar-refractivity contribution is -0.129. The minimum atomic E-state index is -0.0586. The molecule has 0 bridgehead atoms. The van der Waals surface area contributed by atoms with Crippen molar-refractivity contribution in [3.05, 3.63) is 0 Å². The molecule has 15 heavy (non-hydrogen) atoms. The zero-order valence-corrected chi connectivity index (χ0v) is 9.00. The minimum Gasteiger partial charge on any atom is -0.355 e. The van der Waals surface area contributed by atoms with Crippen molar-refractivity contribution in [1.82, 2.24) is 10.2 Å². The van der Waals surface area contributed by atoms with E-state index in [4.69, 9.17) is 0 Å². The van der Waals surface area contributed by atoms with Gasteiger partial charge in [0.25, 0.3) is 0 Å². The van der Waals surface area contributed by atoms with E-state index in [1.54, 1.807) is 0 Å². The molecule has 1 atom stereocenters. The van der Waals surface area contributed by atoms with Crippen molar-refractivity contribution < 1.29 is 9.59 Å². The molecule has 2 heterocycles. The summed E-state index contributed by atoms with van der Waals surface area (Å²) in [5.74, 6) is 0.389. The fourth-order valence-corrected chi connectivity index (χ4v) is 2.40. The largest absolute Gasteiger partial charge is 0.355 e. The Morgan fingerprint density at radius 1 is 1.20 bits per heavy atom. The number of amides is 1. The molecule has 2 saturated heterocycles. The van der Waals surface area contributed by atoms with Crippen molar-refractivity contribution in [1.29, 1.82) is 0 Å². The summed E-state index contributed by atoms with van der Waals surface area (Å²) in [5, 5.41) is 2.91. The predicted octanol–water partition coefficient (Wildman–Crippen LogP) is 0.320. The number of hydrogen-bond acceptors (Lipinski definition) is 3. The molecule has 0 saturated carbocycles. The maximum absolute atomic E-state index is 11.8. The first-order valence-corrected chi connectivity index (χ1v) is 5.81. The molecule has 1 amide bonds. The molecule has 2 aliphatic rings. The molecule has 0 aromatic rings. The van der Waals surface area contributed by atoms with E-state index in [1.807, 2.05) is 4.90 Å². The van der Waals surface area contributed by atoms with Gasteiger partial charge in [0.1, 0.15) is 5.78 Å². The number of hydrogen-bond donors (Lipinski definition) is 1. The summed E-state index contributed by atoms with van der Waals surface area (Å²) in [6, 6.07) is -0.0586. The highest BCUT2D eigenvalue weighted by molar-refractivity contribution is 5.85. The smallest absolute Gasteiger partial charge is 0.237 e. The molecule has 2 aliphatic heterocycles. The van der Waals surface area contributed by atoms with Crippen molar-refractivity contribution in [3.8, 4) is 0 Å². The second-order valence-corrected chi connectivity index (χ2v) is 4.42. The molecule has 0 aromatic heterocycles. The van der Waals surface area contributed by atoms with Gasteiger partial charge in [-0.25, -0.2) is 0 Å². The number of carbonyl (C=O) groups is 2. The van der Waals surface area contributed by atoms with E-state index in [2.05, 4.69) is 5.32 Å². The summed E-state index contributed by atoms with van der Waals surface area (Å²) in [5.41, 5.74) is 0. The van der Waals surface area contributed by atoms with Crippen molar-refractivity contribution in [2.75, 3.05) is 19.6 Å². The summed E-state index contributed by atoms with van der Waals surface area (Å²) in [6.07, 6.45) is 4.63. The quantitative estimate of drug-likeness (QED) is 0.678. The van der Waals surface area contributed by atoms with E-state index in [1.165, 1.54) is 0 Å². The van der Waals surface area contributed by atoms with E-state index in [0.717, 1.165) is 38.8 Å². The fourth-order valence-electron chi connectivity index (χ4n) is 2.40. The number of piperidine rings is 1. The molecule has 4 nitrogen and oxygen atoms in total. The highest BCUT2D eigenvalue weighted by Crippen LogP contribution is 2.16. The van der Waals surface area contributed by atoms with Gasteiger partial charge in [-0.2, -0.15) is 0 Å². The summed E-state index contributed by atoms with van der Waals surface area (Å²) < 4.78 is 0. The highest BCUT2D eigenvalue weighted by Gasteiger charge is 2.30. The molecule has 1 unspecified atom stereocenters. The number of likely N-dealkylation sites (tertiary alicyclic amines) is 1. The number of ketones is 1. The van der Waals surface area contributed by atoms with E-state index < -0.39 is 0 Å². The van der Waals surface area contributed by atoms with Crippen LogP contribution in [0.1, 0.15) is 32.1 Å². The Bertz CT molecular complexity index is 265. The zero-order valence-electron chi connectivity index (χ0n) is 9.00. The highest BCUT2D eigenvalue weighted by atomic mass is 16.2. The van der Waals surface area contributed by atoms with Crippen LogP contribution in [0.4, 0.5) is 0 Å². The van der Waals surface area contributed by atoms with Crippen LogP contribution in [-0.4, -0.2) is 42.3 Å². The second-order valence-electron chi connectivity index (χ2n) is 4.42. The van der Waals surface area contributed by atoms with Crippen LogP contribution in [-0.2, 0) is 9.59 Å². The third-order valence-corrected chi connectivity index (χ3v) is 3.23. The van der Waals surface area contributed by atoms with E-state index in [-0.39, 0.29) is 17.7 Å². The lowest BCUT2D eigenvalue weighted by Crippen LogP contribution is -2.49. The number of Topliss-reactive ketones (excluding diaryl/α,β-unsaturated/α-hetero) is 1. The Morgan fingerprint density at radius 3 is 2.87 bits per heavy atom. The monoisotopic (exact) mass is 210 g/mol. The van der Waals surface area contributed by atoms with Crippen LogP contribution in [0.5, 0.6) is 0 Å². The Kier molecular flexibility index (Phi) is 3.36. The first-order chi connectivity index (χ1) is 7.27. The Labute approximate surface area is 90.0 Å². The Balaban J connectivity index is 2.00. The fraction of sp³-hybridized carbons (Fsp3) is 0.818. The van der Waals surface area contributed by atoms with Crippen LogP contribution in [0.25, 0.3) is 0 Å². The molecule has 2 rings (SSSR count). The van der Waals surface area contributed by atoms with Gasteiger partial charge in [-0.1, -0.05) is 0 Å². The molecule has 0 spiro atoms. The standard InChI is InChI=1S/C11H18N2O2/c14-9-4-3-7-13(8-9)10-5-1-2-6-12-11(10)15/h10H,1-8H2,(H,12,15). The van der Waals surface area contributed by atoms with Gasteiger partial charge >= 0.3 is 0 Å². The molecular formula is C11H18N2O2. The van der Waals surface area contributed by atoms with Crippen molar-refractivity contribution >= 4 is 11.7 Å². The average molecular weight is 210 g/mol. The van der Waals surface area contributed by atoms with Crippen molar-refractivity contribution in [3.63, 3.8) is 0 Å². The Hall–Kier alpha value is -0.900. The van der Waals surface area contributed by atoms with Gasteiger partial charge in [-0.3, -0.25) is 14.5 Å². The molecule has 4 heteroatoms. The molecule has 2 fully saturated rings. The summed E-state index contributed by atoms with van der Waals surface area (Å²) >= 11 is 0. The molecule has 1 N–H and O–H groups in total. The number of nitrogens with zero attached hydrogens (tertiary/aromatic N) is 1. The maximum atomic E-state index is 11.8. The summed E-state index contributed by atoms with van der Waals surface area (Å²) in [6.45, 7) is 2.15. The van der Waals surface area contributed by atoms with Gasteiger partial charge in [0, 0.05) is 13.0 Å². The van der Waals surface area contributed by atoms with E-state index in [9.17, 15) is 9.59 Å². The Morgan fingerprint density at radius 2 is 2.07 bits per heavy atom. The van der Waals surface area contributed by atoms with Gasteiger partial charge in [-0.05, 0) is 32.2 Å². The average Bonchev–Trinajstić information content (AvgIpc) is 2.43. The topological polar surface area (TPSA) is 49.4 Å². The van der Waals surface area contributed by atoms with Crippen LogP contribution >= 0.6 is 0 Å². The number of carbonyl (C=O) groups excluding carboxylic acids is 2. The van der Waals surface area contributed by atoms with Gasteiger partial charge in [0.05, 0.1) is 12.6 Å². The van der Waals surface area contributed by atoms with E-state index >= 15 is 0 Å². The van der Waals surface area contributed by atoms with Crippen molar-refractivity contribution in [2.45, 2.75) is 38.1 Å². The van der Waals surface area contributed by atoms with Crippen LogP contribution in [0.2, 0.25) is 0 Å². The van der Waals surface area contributed by atoms with Crippen LogP contribution in [0.15, 0.2) is 0 Å². The first kappa shape index (κ1) is 10.6. The molecule has 84 valence electrons. The molecule has 0 aromatic carbocycles. The van der Waals surface area contributed by atoms with Crippen LogP contribution in [0, 0.1) is 0 Å². The van der Waals surface area contributed by atoms with Gasteiger partial charge < -0.3 is 5.32 Å². The van der Waals surface area contributed by atoms with E-state index in [0.29, 0.717) is 13.0 Å². The van der Waals surface area contributed by atoms with Crippen LogP contribution in [0.3, 0.4) is 0 Å². The van der Waals surface area contributed by atoms with Crippen molar-refractivity contribution in [2.24, 2.45) is 0 Å². The predicted molar refractivity (Wildman–Crippen MR) is 56.5 cm³/mol. The molecule has 0 aliphatic carbocycles. The summed E-state index contributed by atoms with van der Waals surface area (Å²) in [7, 11) is 0. The van der Waals surface area contributed by atoms with Gasteiger partial charge in [0.2, 0.25) is 5.91 Å². The van der Waals surface area contributed by atoms with Crippen LogP contribution < -0.4 is 5.32 Å². The molecule has 0 radical (unpaired) electrons. The lowest BCUT2D eigenvalue weighted by Gasteiger charge is -2.31. The summed E-state index contributed by atoms with van der Waals surface area (Å²) in [4.78, 5) is 25.1. The SMILES string of the molecule is O=C1CCCN(C2CCCCNC2=O)C1. The normalized spacial score (nSPS) is 29.7. The third-order valence-electron chi connectivity index (χ3n) is 3.23. The number of rotatable bonds is 1. The third kappa shape index (κ3) is 2.56. The minimum absolute atomic E-state index is 0.0586. The van der Waals surface area contributed by atoms with Gasteiger partial charge in [0.15, 0.2) is 0 Å².